The van der Waals surface area contributed by atoms with E-state index < -0.39 is 17.8 Å². The first-order valence-electron chi connectivity index (χ1n) is 4.23. The molecule has 0 bridgehead atoms. The molecule has 2 aromatic heterocycles. The van der Waals surface area contributed by atoms with Crippen molar-refractivity contribution >= 4 is 11.6 Å². The van der Waals surface area contributed by atoms with Crippen molar-refractivity contribution < 1.29 is 18.0 Å². The molecular formula is C9H6F3N3O. The minimum atomic E-state index is -4.50. The first-order chi connectivity index (χ1) is 7.38. The molecule has 84 valence electrons. The van der Waals surface area contributed by atoms with E-state index in [-0.39, 0.29) is 11.2 Å². The van der Waals surface area contributed by atoms with Gasteiger partial charge in [-0.3, -0.25) is 4.79 Å². The standard InChI is InChI=1S/C9H6F3N3O/c10-9(11,12)6-4-15-2-1-5(8(13)16)3-7(15)14-6/h1-4H,(H2,13,16). The zero-order valence-corrected chi connectivity index (χ0v) is 7.82. The Morgan fingerprint density at radius 3 is 2.69 bits per heavy atom. The summed E-state index contributed by atoms with van der Waals surface area (Å²) in [6, 6.07) is 2.54. The Morgan fingerprint density at radius 2 is 2.12 bits per heavy atom. The third-order valence-electron chi connectivity index (χ3n) is 2.04. The molecule has 16 heavy (non-hydrogen) atoms. The number of hydrogen-bond donors (Lipinski definition) is 1. The van der Waals surface area contributed by atoms with Crippen molar-refractivity contribution in [3.05, 3.63) is 35.8 Å². The number of imidazole rings is 1. The molecule has 2 heterocycles. The number of carbonyl (C=O) groups is 1. The Balaban J connectivity index is 2.59. The van der Waals surface area contributed by atoms with Gasteiger partial charge < -0.3 is 10.1 Å². The lowest BCUT2D eigenvalue weighted by atomic mass is 10.2. The summed E-state index contributed by atoms with van der Waals surface area (Å²) in [5.74, 6) is -0.709. The second kappa shape index (κ2) is 3.22. The average molecular weight is 229 g/mol. The summed E-state index contributed by atoms with van der Waals surface area (Å²) in [4.78, 5) is 14.2. The van der Waals surface area contributed by atoms with E-state index in [1.165, 1.54) is 22.7 Å². The number of pyridine rings is 1. The van der Waals surface area contributed by atoms with Gasteiger partial charge in [-0.05, 0) is 12.1 Å². The average Bonchev–Trinajstić information content (AvgIpc) is 2.58. The summed E-state index contributed by atoms with van der Waals surface area (Å²) in [6.45, 7) is 0. The fourth-order valence-electron chi connectivity index (χ4n) is 1.27. The molecule has 0 aliphatic heterocycles. The number of amides is 1. The van der Waals surface area contributed by atoms with Crippen LogP contribution in [0.4, 0.5) is 13.2 Å². The summed E-state index contributed by atoms with van der Waals surface area (Å²) in [5, 5.41) is 0. The van der Waals surface area contributed by atoms with Gasteiger partial charge in [0.1, 0.15) is 5.65 Å². The predicted octanol–water partition coefficient (Wildman–Crippen LogP) is 1.45. The maximum atomic E-state index is 12.3. The molecule has 0 aliphatic carbocycles. The van der Waals surface area contributed by atoms with E-state index in [0.717, 1.165) is 6.20 Å². The number of carbonyl (C=O) groups excluding carboxylic acids is 1. The highest BCUT2D eigenvalue weighted by Gasteiger charge is 2.33. The number of primary amides is 1. The summed E-state index contributed by atoms with van der Waals surface area (Å²) in [7, 11) is 0. The van der Waals surface area contributed by atoms with E-state index in [9.17, 15) is 18.0 Å². The van der Waals surface area contributed by atoms with Crippen LogP contribution >= 0.6 is 0 Å². The topological polar surface area (TPSA) is 60.4 Å². The number of alkyl halides is 3. The monoisotopic (exact) mass is 229 g/mol. The molecule has 2 N–H and O–H groups in total. The van der Waals surface area contributed by atoms with Crippen LogP contribution in [0, 0.1) is 0 Å². The highest BCUT2D eigenvalue weighted by molar-refractivity contribution is 5.93. The van der Waals surface area contributed by atoms with E-state index in [1.54, 1.807) is 0 Å². The van der Waals surface area contributed by atoms with E-state index in [2.05, 4.69) is 4.98 Å². The van der Waals surface area contributed by atoms with Gasteiger partial charge in [0.15, 0.2) is 5.69 Å². The first-order valence-corrected chi connectivity index (χ1v) is 4.23. The van der Waals surface area contributed by atoms with Gasteiger partial charge in [-0.25, -0.2) is 4.98 Å². The molecule has 0 unspecified atom stereocenters. The van der Waals surface area contributed by atoms with Crippen molar-refractivity contribution in [1.82, 2.24) is 9.38 Å². The first kappa shape index (κ1) is 10.5. The third-order valence-corrected chi connectivity index (χ3v) is 2.04. The van der Waals surface area contributed by atoms with Crippen LogP contribution in [0.25, 0.3) is 5.65 Å². The van der Waals surface area contributed by atoms with Crippen LogP contribution in [0.15, 0.2) is 24.5 Å². The lowest BCUT2D eigenvalue weighted by Crippen LogP contribution is -2.10. The minimum absolute atomic E-state index is 0.0311. The molecule has 0 aromatic carbocycles. The second-order valence-corrected chi connectivity index (χ2v) is 3.17. The minimum Gasteiger partial charge on any atom is -0.366 e. The van der Waals surface area contributed by atoms with Crippen LogP contribution in [0.1, 0.15) is 16.1 Å². The number of nitrogens with two attached hydrogens (primary N) is 1. The normalized spacial score (nSPS) is 11.9. The molecule has 4 nitrogen and oxygen atoms in total. The molecule has 7 heteroatoms. The number of nitrogens with zero attached hydrogens (tertiary/aromatic N) is 2. The maximum Gasteiger partial charge on any atom is 0.434 e. The van der Waals surface area contributed by atoms with Gasteiger partial charge in [0, 0.05) is 18.0 Å². The largest absolute Gasteiger partial charge is 0.434 e. The van der Waals surface area contributed by atoms with Crippen LogP contribution in [0.5, 0.6) is 0 Å². The smallest absolute Gasteiger partial charge is 0.366 e. The van der Waals surface area contributed by atoms with Crippen molar-refractivity contribution in [3.63, 3.8) is 0 Å². The number of rotatable bonds is 1. The molecule has 2 aromatic rings. The van der Waals surface area contributed by atoms with Crippen molar-refractivity contribution in [2.75, 3.05) is 0 Å². The summed E-state index contributed by atoms with van der Waals surface area (Å²) < 4.78 is 38.1. The lowest BCUT2D eigenvalue weighted by Gasteiger charge is -1.98. The van der Waals surface area contributed by atoms with Crippen molar-refractivity contribution in [2.45, 2.75) is 6.18 Å². The number of hydrogen-bond acceptors (Lipinski definition) is 2. The Morgan fingerprint density at radius 1 is 1.44 bits per heavy atom. The molecule has 2 rings (SSSR count). The van der Waals surface area contributed by atoms with E-state index in [4.69, 9.17) is 5.73 Å². The van der Waals surface area contributed by atoms with Crippen molar-refractivity contribution in [2.24, 2.45) is 5.73 Å². The molecule has 0 saturated heterocycles. The number of fused-ring (bicyclic) bond motifs is 1. The van der Waals surface area contributed by atoms with Crippen LogP contribution in [0.3, 0.4) is 0 Å². The maximum absolute atomic E-state index is 12.3. The van der Waals surface area contributed by atoms with Crippen LogP contribution in [-0.4, -0.2) is 15.3 Å². The Kier molecular flexibility index (Phi) is 2.11. The van der Waals surface area contributed by atoms with Crippen LogP contribution in [0.2, 0.25) is 0 Å². The van der Waals surface area contributed by atoms with E-state index in [0.29, 0.717) is 0 Å². The fourth-order valence-corrected chi connectivity index (χ4v) is 1.27. The molecule has 1 amide bonds. The highest BCUT2D eigenvalue weighted by Crippen LogP contribution is 2.28. The van der Waals surface area contributed by atoms with E-state index in [1.807, 2.05) is 0 Å². The van der Waals surface area contributed by atoms with Crippen LogP contribution in [-0.2, 0) is 6.18 Å². The summed E-state index contributed by atoms with van der Waals surface area (Å²) in [6.07, 6.45) is -2.35. The van der Waals surface area contributed by atoms with Gasteiger partial charge in [-0.15, -0.1) is 0 Å². The van der Waals surface area contributed by atoms with Gasteiger partial charge in [-0.2, -0.15) is 13.2 Å². The molecule has 0 aliphatic rings. The summed E-state index contributed by atoms with van der Waals surface area (Å²) >= 11 is 0. The zero-order valence-electron chi connectivity index (χ0n) is 7.82. The molecule has 0 radical (unpaired) electrons. The van der Waals surface area contributed by atoms with Crippen molar-refractivity contribution in [3.8, 4) is 0 Å². The molecule has 0 atom stereocenters. The molecule has 0 fully saturated rings. The Labute approximate surface area is 87.5 Å². The SMILES string of the molecule is NC(=O)c1ccn2cc(C(F)(F)F)nc2c1. The lowest BCUT2D eigenvalue weighted by molar-refractivity contribution is -0.140. The van der Waals surface area contributed by atoms with Gasteiger partial charge in [0.25, 0.3) is 0 Å². The van der Waals surface area contributed by atoms with Gasteiger partial charge >= 0.3 is 6.18 Å². The second-order valence-electron chi connectivity index (χ2n) is 3.17. The van der Waals surface area contributed by atoms with Gasteiger partial charge in [0.05, 0.1) is 0 Å². The molecule has 0 spiro atoms. The van der Waals surface area contributed by atoms with E-state index >= 15 is 0 Å². The molecule has 0 saturated carbocycles. The Bertz CT molecular complexity index is 559. The predicted molar refractivity (Wildman–Crippen MR) is 48.7 cm³/mol. The molecular weight excluding hydrogens is 223 g/mol. The van der Waals surface area contributed by atoms with Crippen LogP contribution < -0.4 is 5.73 Å². The van der Waals surface area contributed by atoms with Crippen molar-refractivity contribution in [1.29, 1.82) is 0 Å². The Hall–Kier alpha value is -2.05. The van der Waals surface area contributed by atoms with Gasteiger partial charge in [0.2, 0.25) is 5.91 Å². The quantitative estimate of drug-likeness (QED) is 0.804. The number of aromatic nitrogens is 2. The summed E-state index contributed by atoms with van der Waals surface area (Å²) in [5.41, 5.74) is 4.14. The third kappa shape index (κ3) is 1.71. The zero-order chi connectivity index (χ0) is 11.9. The number of halogens is 3. The fraction of sp³-hybridized carbons (Fsp3) is 0.111. The highest BCUT2D eigenvalue weighted by atomic mass is 19.4. The van der Waals surface area contributed by atoms with Gasteiger partial charge in [-0.1, -0.05) is 0 Å².